The smallest absolute Gasteiger partial charge is 0.223 e. The first-order valence-corrected chi connectivity index (χ1v) is 6.88. The van der Waals surface area contributed by atoms with E-state index in [4.69, 9.17) is 11.6 Å². The number of hydrogen-bond donors (Lipinski definition) is 1. The Kier molecular flexibility index (Phi) is 4.26. The van der Waals surface area contributed by atoms with Gasteiger partial charge in [0, 0.05) is 37.4 Å². The Morgan fingerprint density at radius 3 is 2.35 bits per heavy atom. The van der Waals surface area contributed by atoms with Crippen molar-refractivity contribution in [2.24, 2.45) is 5.92 Å². The Morgan fingerprint density at radius 2 is 1.82 bits per heavy atom. The summed E-state index contributed by atoms with van der Waals surface area (Å²) >= 11 is 5.55. The van der Waals surface area contributed by atoms with E-state index in [-0.39, 0.29) is 23.8 Å². The third-order valence-electron chi connectivity index (χ3n) is 3.45. The summed E-state index contributed by atoms with van der Waals surface area (Å²) < 4.78 is 0. The molecule has 1 aliphatic heterocycles. The topological polar surface area (TPSA) is 49.4 Å². The SMILES string of the molecule is O=C(NC1CCN(C(=O)CCCl)CC1)C1CC1. The summed E-state index contributed by atoms with van der Waals surface area (Å²) in [6.45, 7) is 1.48. The molecule has 5 heteroatoms. The maximum absolute atomic E-state index is 11.6. The molecule has 0 unspecified atom stereocenters. The summed E-state index contributed by atoms with van der Waals surface area (Å²) in [4.78, 5) is 25.0. The lowest BCUT2D eigenvalue weighted by Crippen LogP contribution is -2.46. The van der Waals surface area contributed by atoms with Crippen LogP contribution in [0.1, 0.15) is 32.1 Å². The summed E-state index contributed by atoms with van der Waals surface area (Å²) in [7, 11) is 0. The third kappa shape index (κ3) is 3.60. The summed E-state index contributed by atoms with van der Waals surface area (Å²) in [6.07, 6.45) is 4.23. The van der Waals surface area contributed by atoms with Crippen LogP contribution in [-0.4, -0.2) is 41.7 Å². The van der Waals surface area contributed by atoms with E-state index in [1.165, 1.54) is 0 Å². The molecule has 2 aliphatic rings. The lowest BCUT2D eigenvalue weighted by Gasteiger charge is -2.32. The third-order valence-corrected chi connectivity index (χ3v) is 3.64. The molecule has 2 rings (SSSR count). The molecule has 0 bridgehead atoms. The average Bonchev–Trinajstić information content (AvgIpc) is 3.14. The number of nitrogens with zero attached hydrogens (tertiary/aromatic N) is 1. The number of hydrogen-bond acceptors (Lipinski definition) is 2. The van der Waals surface area contributed by atoms with Crippen LogP contribution in [0.15, 0.2) is 0 Å². The minimum absolute atomic E-state index is 0.131. The first-order valence-electron chi connectivity index (χ1n) is 6.35. The monoisotopic (exact) mass is 258 g/mol. The first-order chi connectivity index (χ1) is 8.20. The Bertz CT molecular complexity index is 297. The fraction of sp³-hybridized carbons (Fsp3) is 0.833. The summed E-state index contributed by atoms with van der Waals surface area (Å²) in [5, 5.41) is 3.07. The number of amides is 2. The molecule has 0 spiro atoms. The Morgan fingerprint density at radius 1 is 1.18 bits per heavy atom. The van der Waals surface area contributed by atoms with Gasteiger partial charge in [0.05, 0.1) is 0 Å². The van der Waals surface area contributed by atoms with Crippen molar-refractivity contribution in [1.82, 2.24) is 10.2 Å². The van der Waals surface area contributed by atoms with E-state index in [9.17, 15) is 9.59 Å². The van der Waals surface area contributed by atoms with Gasteiger partial charge in [0.25, 0.3) is 0 Å². The molecule has 4 nitrogen and oxygen atoms in total. The van der Waals surface area contributed by atoms with Crippen LogP contribution in [0.4, 0.5) is 0 Å². The second kappa shape index (κ2) is 5.71. The van der Waals surface area contributed by atoms with Crippen LogP contribution in [0, 0.1) is 5.92 Å². The van der Waals surface area contributed by atoms with Gasteiger partial charge in [0.1, 0.15) is 0 Å². The normalized spacial score (nSPS) is 21.4. The zero-order valence-corrected chi connectivity index (χ0v) is 10.7. The largest absolute Gasteiger partial charge is 0.353 e. The first kappa shape index (κ1) is 12.7. The van der Waals surface area contributed by atoms with Crippen molar-refractivity contribution in [3.8, 4) is 0 Å². The van der Waals surface area contributed by atoms with Crippen LogP contribution in [0.2, 0.25) is 0 Å². The lowest BCUT2D eigenvalue weighted by atomic mass is 10.0. The number of alkyl halides is 1. The molecular formula is C12H19ClN2O2. The van der Waals surface area contributed by atoms with Gasteiger partial charge in [-0.05, 0) is 25.7 Å². The van der Waals surface area contributed by atoms with Crippen molar-refractivity contribution in [2.45, 2.75) is 38.1 Å². The highest BCUT2D eigenvalue weighted by atomic mass is 35.5. The van der Waals surface area contributed by atoms with Crippen molar-refractivity contribution >= 4 is 23.4 Å². The van der Waals surface area contributed by atoms with Crippen molar-refractivity contribution in [1.29, 1.82) is 0 Å². The molecule has 17 heavy (non-hydrogen) atoms. The molecule has 1 aliphatic carbocycles. The van der Waals surface area contributed by atoms with E-state index in [1.54, 1.807) is 0 Å². The number of piperidine rings is 1. The maximum atomic E-state index is 11.6. The van der Waals surface area contributed by atoms with Crippen LogP contribution >= 0.6 is 11.6 Å². The molecule has 96 valence electrons. The van der Waals surface area contributed by atoms with Crippen LogP contribution < -0.4 is 5.32 Å². The van der Waals surface area contributed by atoms with Crippen LogP contribution in [-0.2, 0) is 9.59 Å². The highest BCUT2D eigenvalue weighted by Gasteiger charge is 2.32. The Hall–Kier alpha value is -0.770. The number of nitrogens with one attached hydrogen (secondary N) is 1. The molecule has 0 aromatic heterocycles. The number of rotatable bonds is 4. The Balaban J connectivity index is 1.70. The van der Waals surface area contributed by atoms with Gasteiger partial charge < -0.3 is 10.2 Å². The number of carbonyl (C=O) groups is 2. The lowest BCUT2D eigenvalue weighted by molar-refractivity contribution is -0.132. The van der Waals surface area contributed by atoms with Crippen molar-refractivity contribution in [3.05, 3.63) is 0 Å². The highest BCUT2D eigenvalue weighted by molar-refractivity contribution is 6.18. The Labute approximate surface area is 107 Å². The predicted octanol–water partition coefficient (Wildman–Crippen LogP) is 1.13. The molecule has 1 heterocycles. The van der Waals surface area contributed by atoms with Crippen molar-refractivity contribution < 1.29 is 9.59 Å². The minimum atomic E-state index is 0.131. The molecule has 1 N–H and O–H groups in total. The van der Waals surface area contributed by atoms with Gasteiger partial charge in [0.2, 0.25) is 11.8 Å². The zero-order valence-electron chi connectivity index (χ0n) is 9.95. The van der Waals surface area contributed by atoms with Crippen molar-refractivity contribution in [3.63, 3.8) is 0 Å². The molecule has 0 atom stereocenters. The van der Waals surface area contributed by atoms with Gasteiger partial charge >= 0.3 is 0 Å². The maximum Gasteiger partial charge on any atom is 0.223 e. The standard InChI is InChI=1S/C12H19ClN2O2/c13-6-3-11(16)15-7-4-10(5-8-15)14-12(17)9-1-2-9/h9-10H,1-8H2,(H,14,17). The molecule has 2 amide bonds. The van der Waals surface area contributed by atoms with Crippen LogP contribution in [0.3, 0.4) is 0 Å². The van der Waals surface area contributed by atoms with E-state index < -0.39 is 0 Å². The second-order valence-electron chi connectivity index (χ2n) is 4.88. The van der Waals surface area contributed by atoms with Gasteiger partial charge in [-0.2, -0.15) is 0 Å². The number of halogens is 1. The predicted molar refractivity (Wildman–Crippen MR) is 65.8 cm³/mol. The molecule has 1 saturated carbocycles. The summed E-state index contributed by atoms with van der Waals surface area (Å²) in [6, 6.07) is 0.253. The average molecular weight is 259 g/mol. The van der Waals surface area contributed by atoms with E-state index >= 15 is 0 Å². The van der Waals surface area contributed by atoms with E-state index in [0.717, 1.165) is 38.8 Å². The summed E-state index contributed by atoms with van der Waals surface area (Å²) in [5.74, 6) is 0.991. The molecule has 2 fully saturated rings. The van der Waals surface area contributed by atoms with Gasteiger partial charge in [0.15, 0.2) is 0 Å². The fourth-order valence-corrected chi connectivity index (χ4v) is 2.34. The van der Waals surface area contributed by atoms with E-state index in [0.29, 0.717) is 12.3 Å². The molecule has 1 saturated heterocycles. The second-order valence-corrected chi connectivity index (χ2v) is 5.25. The molecule has 0 aromatic rings. The molecule has 0 aromatic carbocycles. The zero-order chi connectivity index (χ0) is 12.3. The summed E-state index contributed by atoms with van der Waals surface area (Å²) in [5.41, 5.74) is 0. The van der Waals surface area contributed by atoms with Gasteiger partial charge in [-0.15, -0.1) is 11.6 Å². The quantitative estimate of drug-likeness (QED) is 0.769. The molecule has 0 radical (unpaired) electrons. The highest BCUT2D eigenvalue weighted by Crippen LogP contribution is 2.29. The fourth-order valence-electron chi connectivity index (χ4n) is 2.18. The van der Waals surface area contributed by atoms with Gasteiger partial charge in [-0.25, -0.2) is 0 Å². The van der Waals surface area contributed by atoms with Crippen LogP contribution in [0.25, 0.3) is 0 Å². The molecular weight excluding hydrogens is 240 g/mol. The minimum Gasteiger partial charge on any atom is -0.353 e. The van der Waals surface area contributed by atoms with Gasteiger partial charge in [-0.3, -0.25) is 9.59 Å². The van der Waals surface area contributed by atoms with E-state index in [1.807, 2.05) is 4.90 Å². The number of carbonyl (C=O) groups excluding carboxylic acids is 2. The van der Waals surface area contributed by atoms with E-state index in [2.05, 4.69) is 5.32 Å². The van der Waals surface area contributed by atoms with Gasteiger partial charge in [-0.1, -0.05) is 0 Å². The van der Waals surface area contributed by atoms with Crippen molar-refractivity contribution in [2.75, 3.05) is 19.0 Å². The number of likely N-dealkylation sites (tertiary alicyclic amines) is 1. The van der Waals surface area contributed by atoms with Crippen LogP contribution in [0.5, 0.6) is 0 Å².